The van der Waals surface area contributed by atoms with Crippen molar-refractivity contribution in [1.29, 1.82) is 0 Å². The van der Waals surface area contributed by atoms with Crippen molar-refractivity contribution in [1.82, 2.24) is 4.98 Å². The molecule has 0 spiro atoms. The van der Waals surface area contributed by atoms with Gasteiger partial charge in [0.05, 0.1) is 20.7 Å². The number of nitrogens with two attached hydrogens (primary N) is 1. The van der Waals surface area contributed by atoms with Gasteiger partial charge in [-0.3, -0.25) is 15.4 Å². The van der Waals surface area contributed by atoms with Gasteiger partial charge >= 0.3 is 6.03 Å². The van der Waals surface area contributed by atoms with E-state index in [9.17, 15) is 14.9 Å². The van der Waals surface area contributed by atoms with Crippen LogP contribution in [0.2, 0.25) is 0 Å². The Labute approximate surface area is 128 Å². The molecule has 22 heavy (non-hydrogen) atoms. The Kier molecular flexibility index (Phi) is 3.43. The van der Waals surface area contributed by atoms with E-state index in [0.717, 1.165) is 11.3 Å². The molecule has 3 rings (SSSR count). The molecule has 110 valence electrons. The lowest BCUT2D eigenvalue weighted by atomic mass is 10.0. The Bertz CT molecular complexity index is 876. The van der Waals surface area contributed by atoms with Crippen molar-refractivity contribution in [3.63, 3.8) is 0 Å². The predicted molar refractivity (Wildman–Crippen MR) is 84.9 cm³/mol. The van der Waals surface area contributed by atoms with Gasteiger partial charge in [0.15, 0.2) is 5.13 Å². The minimum absolute atomic E-state index is 0.00650. The molecule has 0 bridgehead atoms. The minimum Gasteiger partial charge on any atom is -0.351 e. The van der Waals surface area contributed by atoms with E-state index >= 15 is 0 Å². The number of fused-ring (bicyclic) bond motifs is 1. The summed E-state index contributed by atoms with van der Waals surface area (Å²) in [6.07, 6.45) is 0. The topological polar surface area (TPSA) is 111 Å². The first-order valence-electron chi connectivity index (χ1n) is 6.26. The molecule has 0 saturated carbocycles. The lowest BCUT2D eigenvalue weighted by Crippen LogP contribution is -2.18. The number of carbonyl (C=O) groups excluding carboxylic acids is 1. The lowest BCUT2D eigenvalue weighted by Gasteiger charge is -2.04. The second-order valence-corrected chi connectivity index (χ2v) is 5.44. The van der Waals surface area contributed by atoms with Crippen molar-refractivity contribution in [2.75, 3.05) is 5.32 Å². The summed E-state index contributed by atoms with van der Waals surface area (Å²) >= 11 is 1.15. The number of anilines is 1. The number of urea groups is 1. The van der Waals surface area contributed by atoms with E-state index < -0.39 is 11.0 Å². The fraction of sp³-hybridized carbons (Fsp3) is 0. The zero-order valence-corrected chi connectivity index (χ0v) is 12.0. The molecule has 1 aromatic heterocycles. The smallest absolute Gasteiger partial charge is 0.318 e. The van der Waals surface area contributed by atoms with E-state index in [4.69, 9.17) is 5.73 Å². The van der Waals surface area contributed by atoms with Gasteiger partial charge in [-0.2, -0.15) is 0 Å². The number of aromatic nitrogens is 1. The summed E-state index contributed by atoms with van der Waals surface area (Å²) < 4.78 is 0.629. The summed E-state index contributed by atoms with van der Waals surface area (Å²) in [7, 11) is 0. The van der Waals surface area contributed by atoms with Gasteiger partial charge in [-0.15, -0.1) is 0 Å². The molecule has 2 aromatic carbocycles. The summed E-state index contributed by atoms with van der Waals surface area (Å²) in [5.74, 6) is 0. The maximum atomic E-state index is 11.3. The number of nitrogens with zero attached hydrogens (tertiary/aromatic N) is 2. The van der Waals surface area contributed by atoms with Crippen LogP contribution in [0.15, 0.2) is 42.5 Å². The van der Waals surface area contributed by atoms with Gasteiger partial charge in [-0.05, 0) is 11.6 Å². The van der Waals surface area contributed by atoms with Crippen molar-refractivity contribution < 1.29 is 9.72 Å². The molecule has 0 aliphatic heterocycles. The van der Waals surface area contributed by atoms with Gasteiger partial charge in [0.1, 0.15) is 0 Å². The van der Waals surface area contributed by atoms with E-state index in [0.29, 0.717) is 26.5 Å². The highest BCUT2D eigenvalue weighted by molar-refractivity contribution is 7.23. The molecule has 8 heteroatoms. The van der Waals surface area contributed by atoms with Crippen LogP contribution in [0.25, 0.3) is 21.3 Å². The van der Waals surface area contributed by atoms with Gasteiger partial charge in [-0.25, -0.2) is 9.78 Å². The maximum absolute atomic E-state index is 11.3. The van der Waals surface area contributed by atoms with Gasteiger partial charge in [0.25, 0.3) is 5.69 Å². The molecule has 3 N–H and O–H groups in total. The maximum Gasteiger partial charge on any atom is 0.318 e. The molecule has 0 aliphatic carbocycles. The van der Waals surface area contributed by atoms with E-state index in [2.05, 4.69) is 10.3 Å². The molecule has 0 unspecified atom stereocenters. The number of amides is 2. The van der Waals surface area contributed by atoms with Crippen LogP contribution in [-0.4, -0.2) is 15.9 Å². The Morgan fingerprint density at radius 3 is 2.59 bits per heavy atom. The summed E-state index contributed by atoms with van der Waals surface area (Å²) in [5.41, 5.74) is 6.84. The Balaban J connectivity index is 2.29. The first-order chi connectivity index (χ1) is 10.6. The zero-order valence-electron chi connectivity index (χ0n) is 11.1. The Morgan fingerprint density at radius 2 is 1.95 bits per heavy atom. The summed E-state index contributed by atoms with van der Waals surface area (Å²) in [6, 6.07) is 11.3. The largest absolute Gasteiger partial charge is 0.351 e. The van der Waals surface area contributed by atoms with Crippen LogP contribution in [0.5, 0.6) is 0 Å². The Hall–Kier alpha value is -3.00. The monoisotopic (exact) mass is 314 g/mol. The standard InChI is InChI=1S/C14H10N4O3S/c15-13(19)17-14-16-9-6-7-10(18(20)21)11(12(9)22-14)8-4-2-1-3-5-8/h1-7H,(H3,15,16,17,19). The number of nitrogens with one attached hydrogen (secondary N) is 1. The molecular weight excluding hydrogens is 304 g/mol. The van der Waals surface area contributed by atoms with Crippen LogP contribution in [0.1, 0.15) is 0 Å². The highest BCUT2D eigenvalue weighted by Gasteiger charge is 2.21. The molecule has 1 heterocycles. The minimum atomic E-state index is -0.727. The number of hydrogen-bond acceptors (Lipinski definition) is 5. The zero-order chi connectivity index (χ0) is 15.7. The van der Waals surface area contributed by atoms with Gasteiger partial charge in [0.2, 0.25) is 0 Å². The quantitative estimate of drug-likeness (QED) is 0.570. The van der Waals surface area contributed by atoms with Crippen LogP contribution >= 0.6 is 11.3 Å². The predicted octanol–water partition coefficient (Wildman–Crippen LogP) is 3.36. The highest BCUT2D eigenvalue weighted by atomic mass is 32.1. The van der Waals surface area contributed by atoms with Gasteiger partial charge in [0, 0.05) is 6.07 Å². The van der Waals surface area contributed by atoms with Crippen molar-refractivity contribution in [2.45, 2.75) is 0 Å². The third-order valence-corrected chi connectivity index (χ3v) is 4.03. The van der Waals surface area contributed by atoms with Crippen molar-refractivity contribution in [3.8, 4) is 11.1 Å². The molecular formula is C14H10N4O3S. The lowest BCUT2D eigenvalue weighted by molar-refractivity contribution is -0.384. The fourth-order valence-corrected chi connectivity index (χ4v) is 3.21. The van der Waals surface area contributed by atoms with Gasteiger partial charge < -0.3 is 5.73 Å². The number of rotatable bonds is 3. The summed E-state index contributed by atoms with van der Waals surface area (Å²) in [5, 5.41) is 14.0. The Morgan fingerprint density at radius 1 is 1.23 bits per heavy atom. The van der Waals surface area contributed by atoms with Crippen LogP contribution in [0.4, 0.5) is 15.6 Å². The number of thiazole rings is 1. The molecule has 2 amide bonds. The van der Waals surface area contributed by atoms with E-state index in [1.807, 2.05) is 18.2 Å². The van der Waals surface area contributed by atoms with Crippen LogP contribution in [0.3, 0.4) is 0 Å². The third-order valence-electron chi connectivity index (χ3n) is 3.02. The SMILES string of the molecule is NC(=O)Nc1nc2ccc([N+](=O)[O-])c(-c3ccccc3)c2s1. The normalized spacial score (nSPS) is 10.5. The van der Waals surface area contributed by atoms with E-state index in [-0.39, 0.29) is 5.69 Å². The highest BCUT2D eigenvalue weighted by Crippen LogP contribution is 2.40. The van der Waals surface area contributed by atoms with Crippen LogP contribution in [0, 0.1) is 10.1 Å². The van der Waals surface area contributed by atoms with Crippen molar-refractivity contribution in [3.05, 3.63) is 52.6 Å². The molecule has 7 nitrogen and oxygen atoms in total. The summed E-state index contributed by atoms with van der Waals surface area (Å²) in [4.78, 5) is 26.1. The molecule has 0 atom stereocenters. The second-order valence-electron chi connectivity index (χ2n) is 4.44. The first-order valence-corrected chi connectivity index (χ1v) is 7.07. The molecule has 0 saturated heterocycles. The molecule has 0 fully saturated rings. The first kappa shape index (κ1) is 14.0. The fourth-order valence-electron chi connectivity index (χ4n) is 2.18. The molecule has 0 aliphatic rings. The number of hydrogen-bond donors (Lipinski definition) is 2. The number of carbonyl (C=O) groups is 1. The van der Waals surface area contributed by atoms with Gasteiger partial charge in [-0.1, -0.05) is 41.7 Å². The molecule has 0 radical (unpaired) electrons. The number of primary amides is 1. The van der Waals surface area contributed by atoms with Crippen molar-refractivity contribution >= 4 is 38.4 Å². The van der Waals surface area contributed by atoms with E-state index in [1.54, 1.807) is 18.2 Å². The number of benzene rings is 2. The average molecular weight is 314 g/mol. The van der Waals surface area contributed by atoms with Crippen LogP contribution in [-0.2, 0) is 0 Å². The number of nitro groups is 1. The number of nitro benzene ring substituents is 1. The van der Waals surface area contributed by atoms with E-state index in [1.165, 1.54) is 6.07 Å². The third kappa shape index (κ3) is 2.47. The molecule has 3 aromatic rings. The van der Waals surface area contributed by atoms with Crippen LogP contribution < -0.4 is 11.1 Å². The summed E-state index contributed by atoms with van der Waals surface area (Å²) in [6.45, 7) is 0. The average Bonchev–Trinajstić information content (AvgIpc) is 2.88. The van der Waals surface area contributed by atoms with Crippen molar-refractivity contribution in [2.24, 2.45) is 5.73 Å². The second kappa shape index (κ2) is 5.41.